The first-order valence-corrected chi connectivity index (χ1v) is 7.27. The first-order valence-electron chi connectivity index (χ1n) is 5.82. The highest BCUT2D eigenvalue weighted by atomic mass is 127. The number of Topliss-reactive ketones (excluding diaryl/α,β-unsaturated/α-hetero) is 1. The maximum atomic E-state index is 13.6. The molecule has 5 heteroatoms. The predicted octanol–water partition coefficient (Wildman–Crippen LogP) is 4.52. The third kappa shape index (κ3) is 3.49. The first kappa shape index (κ1) is 15.3. The fraction of sp³-hybridized carbons (Fsp3) is 0.133. The molecule has 0 saturated heterocycles. The molecule has 0 unspecified atom stereocenters. The van der Waals surface area contributed by atoms with Crippen LogP contribution in [0.3, 0.4) is 0 Å². The SMILES string of the molecule is COc1ccc(CC(=O)c2cc(Cl)ccc2I)cc1F. The summed E-state index contributed by atoms with van der Waals surface area (Å²) in [6.07, 6.45) is 0.122. The van der Waals surface area contributed by atoms with E-state index in [0.717, 1.165) is 3.57 Å². The molecule has 0 fully saturated rings. The molecule has 0 aliphatic carbocycles. The summed E-state index contributed by atoms with van der Waals surface area (Å²) in [7, 11) is 1.40. The first-order chi connectivity index (χ1) is 9.51. The third-order valence-electron chi connectivity index (χ3n) is 2.81. The molecule has 0 saturated carbocycles. The van der Waals surface area contributed by atoms with Gasteiger partial charge in [0.1, 0.15) is 0 Å². The van der Waals surface area contributed by atoms with Gasteiger partial charge in [-0.2, -0.15) is 0 Å². The highest BCUT2D eigenvalue weighted by molar-refractivity contribution is 14.1. The summed E-state index contributed by atoms with van der Waals surface area (Å²) in [4.78, 5) is 12.2. The lowest BCUT2D eigenvalue weighted by molar-refractivity contribution is 0.0992. The van der Waals surface area contributed by atoms with Crippen molar-refractivity contribution in [3.63, 3.8) is 0 Å². The molecule has 0 radical (unpaired) electrons. The van der Waals surface area contributed by atoms with E-state index in [2.05, 4.69) is 22.6 Å². The van der Waals surface area contributed by atoms with Gasteiger partial charge in [-0.25, -0.2) is 4.39 Å². The monoisotopic (exact) mass is 404 g/mol. The second-order valence-corrected chi connectivity index (χ2v) is 5.79. The molecule has 2 aromatic rings. The molecule has 2 rings (SSSR count). The summed E-state index contributed by atoms with van der Waals surface area (Å²) in [5.74, 6) is -0.404. The minimum absolute atomic E-state index is 0.0959. The number of rotatable bonds is 4. The van der Waals surface area contributed by atoms with Crippen LogP contribution in [0.1, 0.15) is 15.9 Å². The number of ether oxygens (including phenoxy) is 1. The van der Waals surface area contributed by atoms with Crippen molar-refractivity contribution in [3.05, 3.63) is 61.9 Å². The zero-order valence-corrected chi connectivity index (χ0v) is 13.5. The second kappa shape index (κ2) is 6.54. The van der Waals surface area contributed by atoms with Crippen LogP contribution in [0.15, 0.2) is 36.4 Å². The number of carbonyl (C=O) groups is 1. The van der Waals surface area contributed by atoms with Gasteiger partial charge in [-0.3, -0.25) is 4.79 Å². The average Bonchev–Trinajstić information content (AvgIpc) is 2.41. The van der Waals surface area contributed by atoms with Crippen molar-refractivity contribution >= 4 is 40.0 Å². The minimum Gasteiger partial charge on any atom is -0.494 e. The molecule has 0 aliphatic heterocycles. The summed E-state index contributed by atoms with van der Waals surface area (Å²) < 4.78 is 19.3. The number of benzene rings is 2. The molecule has 0 atom stereocenters. The molecule has 104 valence electrons. The van der Waals surface area contributed by atoms with Crippen molar-refractivity contribution in [3.8, 4) is 5.75 Å². The predicted molar refractivity (Wildman–Crippen MR) is 85.2 cm³/mol. The minimum atomic E-state index is -0.474. The van der Waals surface area contributed by atoms with E-state index in [1.165, 1.54) is 19.2 Å². The topological polar surface area (TPSA) is 26.3 Å². The standard InChI is InChI=1S/C15H11ClFIO2/c1-20-15-5-2-9(6-12(15)17)7-14(19)11-8-10(16)3-4-13(11)18/h2-6,8H,7H2,1H3. The van der Waals surface area contributed by atoms with E-state index < -0.39 is 5.82 Å². The summed E-state index contributed by atoms with van der Waals surface area (Å²) in [6, 6.07) is 9.65. The molecule has 0 N–H and O–H groups in total. The van der Waals surface area contributed by atoms with Crippen LogP contribution in [0.25, 0.3) is 0 Å². The van der Waals surface area contributed by atoms with Gasteiger partial charge < -0.3 is 4.74 Å². The summed E-state index contributed by atoms with van der Waals surface area (Å²) >= 11 is 7.98. The van der Waals surface area contributed by atoms with Crippen molar-refractivity contribution in [2.24, 2.45) is 0 Å². The summed E-state index contributed by atoms with van der Waals surface area (Å²) in [5.41, 5.74) is 1.15. The lowest BCUT2D eigenvalue weighted by Crippen LogP contribution is -2.06. The molecular formula is C15H11ClFIO2. The zero-order chi connectivity index (χ0) is 14.7. The quantitative estimate of drug-likeness (QED) is 0.553. The van der Waals surface area contributed by atoms with Gasteiger partial charge in [0.05, 0.1) is 7.11 Å². The maximum absolute atomic E-state index is 13.6. The molecule has 0 aliphatic rings. The van der Waals surface area contributed by atoms with E-state index >= 15 is 0 Å². The van der Waals surface area contributed by atoms with Crippen LogP contribution in [0.2, 0.25) is 5.02 Å². The molecule has 20 heavy (non-hydrogen) atoms. The lowest BCUT2D eigenvalue weighted by Gasteiger charge is -2.07. The normalized spacial score (nSPS) is 10.4. The third-order valence-corrected chi connectivity index (χ3v) is 3.99. The Hall–Kier alpha value is -1.14. The van der Waals surface area contributed by atoms with Gasteiger partial charge in [-0.1, -0.05) is 17.7 Å². The van der Waals surface area contributed by atoms with Crippen molar-refractivity contribution in [1.82, 2.24) is 0 Å². The van der Waals surface area contributed by atoms with Crippen LogP contribution in [-0.2, 0) is 6.42 Å². The Bertz CT molecular complexity index is 658. The zero-order valence-electron chi connectivity index (χ0n) is 10.6. The largest absolute Gasteiger partial charge is 0.494 e. The number of methoxy groups -OCH3 is 1. The molecule has 0 spiro atoms. The fourth-order valence-electron chi connectivity index (χ4n) is 1.81. The Labute approximate surface area is 135 Å². The maximum Gasteiger partial charge on any atom is 0.168 e. The second-order valence-electron chi connectivity index (χ2n) is 4.19. The van der Waals surface area contributed by atoms with Crippen molar-refractivity contribution in [1.29, 1.82) is 0 Å². The summed E-state index contributed by atoms with van der Waals surface area (Å²) in [6.45, 7) is 0. The Morgan fingerprint density at radius 2 is 2.05 bits per heavy atom. The van der Waals surface area contributed by atoms with E-state index in [9.17, 15) is 9.18 Å². The van der Waals surface area contributed by atoms with Crippen LogP contribution in [-0.4, -0.2) is 12.9 Å². The highest BCUT2D eigenvalue weighted by Crippen LogP contribution is 2.22. The van der Waals surface area contributed by atoms with Gasteiger partial charge in [0, 0.05) is 20.6 Å². The molecular weight excluding hydrogens is 394 g/mol. The molecule has 0 amide bonds. The number of hydrogen-bond acceptors (Lipinski definition) is 2. The Morgan fingerprint density at radius 1 is 1.30 bits per heavy atom. The smallest absolute Gasteiger partial charge is 0.168 e. The van der Waals surface area contributed by atoms with Gasteiger partial charge in [-0.15, -0.1) is 0 Å². The van der Waals surface area contributed by atoms with Gasteiger partial charge >= 0.3 is 0 Å². The van der Waals surface area contributed by atoms with Crippen LogP contribution < -0.4 is 4.74 Å². The Balaban J connectivity index is 2.23. The number of carbonyl (C=O) groups excluding carboxylic acids is 1. The van der Waals surface area contributed by atoms with Crippen molar-refractivity contribution < 1.29 is 13.9 Å². The van der Waals surface area contributed by atoms with Crippen molar-refractivity contribution in [2.45, 2.75) is 6.42 Å². The van der Waals surface area contributed by atoms with Gasteiger partial charge in [-0.05, 0) is 58.5 Å². The number of halogens is 3. The molecule has 2 nitrogen and oxygen atoms in total. The van der Waals surface area contributed by atoms with Crippen LogP contribution >= 0.6 is 34.2 Å². The lowest BCUT2D eigenvalue weighted by atomic mass is 10.0. The van der Waals surface area contributed by atoms with E-state index in [1.54, 1.807) is 24.3 Å². The average molecular weight is 405 g/mol. The van der Waals surface area contributed by atoms with E-state index in [4.69, 9.17) is 16.3 Å². The molecule has 0 heterocycles. The van der Waals surface area contributed by atoms with Crippen LogP contribution in [0, 0.1) is 9.39 Å². The van der Waals surface area contributed by atoms with Crippen molar-refractivity contribution in [2.75, 3.05) is 7.11 Å². The highest BCUT2D eigenvalue weighted by Gasteiger charge is 2.13. The Kier molecular flexibility index (Phi) is 4.99. The number of ketones is 1. The van der Waals surface area contributed by atoms with Crippen LogP contribution in [0.4, 0.5) is 4.39 Å². The molecule has 0 aromatic heterocycles. The van der Waals surface area contributed by atoms with Gasteiger partial charge in [0.25, 0.3) is 0 Å². The van der Waals surface area contributed by atoms with E-state index in [-0.39, 0.29) is 18.0 Å². The van der Waals surface area contributed by atoms with Gasteiger partial charge in [0.2, 0.25) is 0 Å². The van der Waals surface area contributed by atoms with E-state index in [0.29, 0.717) is 16.1 Å². The molecule has 0 bridgehead atoms. The van der Waals surface area contributed by atoms with E-state index in [1.807, 2.05) is 0 Å². The summed E-state index contributed by atoms with van der Waals surface area (Å²) in [5, 5.41) is 0.509. The number of hydrogen-bond donors (Lipinski definition) is 0. The Morgan fingerprint density at radius 3 is 2.70 bits per heavy atom. The fourth-order valence-corrected chi connectivity index (χ4v) is 2.62. The van der Waals surface area contributed by atoms with Gasteiger partial charge in [0.15, 0.2) is 17.3 Å². The molecule has 2 aromatic carbocycles. The van der Waals surface area contributed by atoms with Crippen LogP contribution in [0.5, 0.6) is 5.75 Å².